The summed E-state index contributed by atoms with van der Waals surface area (Å²) in [5, 5.41) is 3.89. The molecule has 0 radical (unpaired) electrons. The summed E-state index contributed by atoms with van der Waals surface area (Å²) in [7, 11) is -3.29. The maximum atomic E-state index is 12.1. The Hall–Kier alpha value is -1.93. The highest BCUT2D eigenvalue weighted by Crippen LogP contribution is 2.28. The van der Waals surface area contributed by atoms with Gasteiger partial charge in [0, 0.05) is 12.3 Å². The molecule has 0 atom stereocenters. The van der Waals surface area contributed by atoms with Crippen LogP contribution in [0.4, 0.5) is 5.13 Å². The van der Waals surface area contributed by atoms with Gasteiger partial charge in [-0.05, 0) is 42.0 Å². The van der Waals surface area contributed by atoms with Crippen molar-refractivity contribution in [1.82, 2.24) is 4.98 Å². The summed E-state index contributed by atoms with van der Waals surface area (Å²) in [6.45, 7) is 0. The van der Waals surface area contributed by atoms with Gasteiger partial charge in [0.15, 0.2) is 15.0 Å². The predicted octanol–water partition coefficient (Wildman–Crippen LogP) is 4.66. The summed E-state index contributed by atoms with van der Waals surface area (Å²) in [4.78, 5) is 16.5. The number of hydrogen-bond acceptors (Lipinski definition) is 5. The maximum Gasteiger partial charge on any atom is 0.250 e. The van der Waals surface area contributed by atoms with E-state index in [4.69, 9.17) is 23.2 Å². The van der Waals surface area contributed by atoms with Gasteiger partial charge in [-0.1, -0.05) is 40.6 Å². The number of nitrogens with one attached hydrogen (secondary N) is 1. The van der Waals surface area contributed by atoms with Gasteiger partial charge < -0.3 is 0 Å². The normalized spacial score (nSPS) is 12.0. The molecule has 1 amide bonds. The van der Waals surface area contributed by atoms with Crippen molar-refractivity contribution < 1.29 is 13.2 Å². The molecule has 0 fully saturated rings. The molecule has 3 rings (SSSR count). The fourth-order valence-electron chi connectivity index (χ4n) is 2.12. The number of sulfone groups is 1. The van der Waals surface area contributed by atoms with Crippen molar-refractivity contribution in [3.8, 4) is 0 Å². The number of amides is 1. The lowest BCUT2D eigenvalue weighted by Crippen LogP contribution is -2.07. The molecule has 0 aliphatic heterocycles. The van der Waals surface area contributed by atoms with E-state index in [0.29, 0.717) is 25.4 Å². The second-order valence-corrected chi connectivity index (χ2v) is 9.28. The summed E-state index contributed by atoms with van der Waals surface area (Å²) in [5.41, 5.74) is 1.35. The number of anilines is 1. The van der Waals surface area contributed by atoms with Crippen LogP contribution in [-0.2, 0) is 14.6 Å². The Balaban J connectivity index is 1.76. The van der Waals surface area contributed by atoms with Gasteiger partial charge >= 0.3 is 0 Å². The summed E-state index contributed by atoms with van der Waals surface area (Å²) in [6.07, 6.45) is 4.10. The van der Waals surface area contributed by atoms with Crippen LogP contribution >= 0.6 is 34.5 Å². The summed E-state index contributed by atoms with van der Waals surface area (Å²) < 4.78 is 23.9. The molecule has 1 N–H and O–H groups in total. The zero-order valence-electron chi connectivity index (χ0n) is 13.4. The molecule has 0 aliphatic rings. The fourth-order valence-corrected chi connectivity index (χ4v) is 4.06. The highest BCUT2D eigenvalue weighted by atomic mass is 35.5. The highest BCUT2D eigenvalue weighted by molar-refractivity contribution is 7.90. The SMILES string of the molecule is CS(=O)(=O)c1ccc2nc(NC(=O)/C=C/c3ccc(Cl)c(Cl)c3)sc2c1. The van der Waals surface area contributed by atoms with E-state index in [1.807, 2.05) is 0 Å². The third-order valence-corrected chi connectivity index (χ3v) is 6.17. The van der Waals surface area contributed by atoms with E-state index in [1.165, 1.54) is 23.5 Å². The van der Waals surface area contributed by atoms with E-state index in [1.54, 1.807) is 36.4 Å². The van der Waals surface area contributed by atoms with Crippen molar-refractivity contribution >= 4 is 71.7 Å². The van der Waals surface area contributed by atoms with Crippen LogP contribution in [0, 0.1) is 0 Å². The Morgan fingerprint density at radius 2 is 1.92 bits per heavy atom. The number of carbonyl (C=O) groups is 1. The topological polar surface area (TPSA) is 76.1 Å². The van der Waals surface area contributed by atoms with E-state index >= 15 is 0 Å². The van der Waals surface area contributed by atoms with Gasteiger partial charge in [0.2, 0.25) is 5.91 Å². The Bertz CT molecular complexity index is 1140. The Kier molecular flexibility index (Phi) is 5.34. The quantitative estimate of drug-likeness (QED) is 0.615. The second-order valence-electron chi connectivity index (χ2n) is 5.42. The van der Waals surface area contributed by atoms with E-state index in [2.05, 4.69) is 10.3 Å². The molecule has 0 saturated heterocycles. The molecular weight excluding hydrogens is 415 g/mol. The van der Waals surface area contributed by atoms with Crippen LogP contribution < -0.4 is 5.32 Å². The predicted molar refractivity (Wildman–Crippen MR) is 107 cm³/mol. The number of halogens is 2. The molecule has 0 unspecified atom stereocenters. The summed E-state index contributed by atoms with van der Waals surface area (Å²) >= 11 is 13.0. The smallest absolute Gasteiger partial charge is 0.250 e. The second kappa shape index (κ2) is 7.36. The van der Waals surface area contributed by atoms with Gasteiger partial charge in [-0.15, -0.1) is 0 Å². The number of thiazole rings is 1. The van der Waals surface area contributed by atoms with Crippen LogP contribution in [-0.4, -0.2) is 25.6 Å². The van der Waals surface area contributed by atoms with Crippen molar-refractivity contribution in [3.63, 3.8) is 0 Å². The lowest BCUT2D eigenvalue weighted by Gasteiger charge is -1.98. The third kappa shape index (κ3) is 4.42. The zero-order chi connectivity index (χ0) is 18.9. The van der Waals surface area contributed by atoms with E-state index in [-0.39, 0.29) is 10.8 Å². The molecule has 134 valence electrons. The van der Waals surface area contributed by atoms with Crippen LogP contribution in [0.15, 0.2) is 47.4 Å². The molecule has 0 aliphatic carbocycles. The molecule has 3 aromatic rings. The minimum atomic E-state index is -3.29. The first-order chi connectivity index (χ1) is 12.2. The van der Waals surface area contributed by atoms with Crippen LogP contribution in [0.3, 0.4) is 0 Å². The minimum Gasteiger partial charge on any atom is -0.298 e. The minimum absolute atomic E-state index is 0.214. The lowest BCUT2D eigenvalue weighted by atomic mass is 10.2. The van der Waals surface area contributed by atoms with E-state index < -0.39 is 9.84 Å². The molecule has 0 bridgehead atoms. The van der Waals surface area contributed by atoms with Crippen molar-refractivity contribution in [2.24, 2.45) is 0 Å². The lowest BCUT2D eigenvalue weighted by molar-refractivity contribution is -0.111. The number of benzene rings is 2. The van der Waals surface area contributed by atoms with Crippen molar-refractivity contribution in [2.45, 2.75) is 4.90 Å². The largest absolute Gasteiger partial charge is 0.298 e. The van der Waals surface area contributed by atoms with Crippen LogP contribution in [0.5, 0.6) is 0 Å². The Morgan fingerprint density at radius 3 is 2.62 bits per heavy atom. The zero-order valence-corrected chi connectivity index (χ0v) is 16.5. The van der Waals surface area contributed by atoms with Crippen molar-refractivity contribution in [3.05, 3.63) is 58.1 Å². The number of carbonyl (C=O) groups excluding carboxylic acids is 1. The monoisotopic (exact) mass is 426 g/mol. The number of hydrogen-bond donors (Lipinski definition) is 1. The van der Waals surface area contributed by atoms with Gasteiger partial charge in [-0.2, -0.15) is 0 Å². The average molecular weight is 427 g/mol. The fraction of sp³-hybridized carbons (Fsp3) is 0.0588. The molecule has 2 aromatic carbocycles. The van der Waals surface area contributed by atoms with Crippen LogP contribution in [0.1, 0.15) is 5.56 Å². The van der Waals surface area contributed by atoms with Gasteiger partial charge in [-0.3, -0.25) is 10.1 Å². The number of nitrogens with zero attached hydrogens (tertiary/aromatic N) is 1. The van der Waals surface area contributed by atoms with Gasteiger partial charge in [-0.25, -0.2) is 13.4 Å². The molecule has 1 aromatic heterocycles. The van der Waals surface area contributed by atoms with Crippen LogP contribution in [0.2, 0.25) is 10.0 Å². The number of rotatable bonds is 4. The molecule has 26 heavy (non-hydrogen) atoms. The van der Waals surface area contributed by atoms with Gasteiger partial charge in [0.1, 0.15) is 0 Å². The molecule has 0 spiro atoms. The average Bonchev–Trinajstić information content (AvgIpc) is 2.96. The molecule has 5 nitrogen and oxygen atoms in total. The summed E-state index contributed by atoms with van der Waals surface area (Å²) in [6, 6.07) is 9.69. The van der Waals surface area contributed by atoms with Gasteiger partial charge in [0.05, 0.1) is 25.2 Å². The van der Waals surface area contributed by atoms with E-state index in [9.17, 15) is 13.2 Å². The Morgan fingerprint density at radius 1 is 1.15 bits per heavy atom. The summed E-state index contributed by atoms with van der Waals surface area (Å²) in [5.74, 6) is -0.363. The third-order valence-electron chi connectivity index (χ3n) is 3.39. The molecule has 1 heterocycles. The first-order valence-corrected chi connectivity index (χ1v) is 10.7. The van der Waals surface area contributed by atoms with Crippen molar-refractivity contribution in [2.75, 3.05) is 11.6 Å². The standard InChI is InChI=1S/C17H12Cl2N2O3S2/c1-26(23,24)11-4-6-14-15(9-11)25-17(20-14)21-16(22)7-3-10-2-5-12(18)13(19)8-10/h2-9H,1H3,(H,20,21,22)/b7-3+. The number of aromatic nitrogens is 1. The number of fused-ring (bicyclic) bond motifs is 1. The molecule has 0 saturated carbocycles. The molecular formula is C17H12Cl2N2O3S2. The first-order valence-electron chi connectivity index (χ1n) is 7.27. The highest BCUT2D eigenvalue weighted by Gasteiger charge is 2.11. The van der Waals surface area contributed by atoms with Gasteiger partial charge in [0.25, 0.3) is 0 Å². The van der Waals surface area contributed by atoms with E-state index in [0.717, 1.165) is 11.8 Å². The Labute approximate surface area is 164 Å². The maximum absolute atomic E-state index is 12.1. The first kappa shape index (κ1) is 18.8. The molecule has 9 heteroatoms. The van der Waals surface area contributed by atoms with Crippen molar-refractivity contribution in [1.29, 1.82) is 0 Å². The van der Waals surface area contributed by atoms with Crippen LogP contribution in [0.25, 0.3) is 16.3 Å².